The highest BCUT2D eigenvalue weighted by Gasteiger charge is 2.48. The number of fused-ring (bicyclic) bond motifs is 1. The van der Waals surface area contributed by atoms with E-state index in [2.05, 4.69) is 9.72 Å². The Morgan fingerprint density at radius 3 is 2.59 bits per heavy atom. The third-order valence-corrected chi connectivity index (χ3v) is 3.86. The first-order valence-electron chi connectivity index (χ1n) is 6.92. The standard InChI is InChI=1S/C16H15F2NO3/c1-21-14-12(15(20)22-2)7-9-3-4-11(8-13(9)19-14)16(17,18)10-5-6-10/h3-4,7-8,10H,5-6H2,1-2H3. The molecule has 0 amide bonds. The van der Waals surface area contributed by atoms with Gasteiger partial charge in [0, 0.05) is 16.9 Å². The van der Waals surface area contributed by atoms with E-state index in [1.165, 1.54) is 32.4 Å². The van der Waals surface area contributed by atoms with Crippen LogP contribution < -0.4 is 4.74 Å². The predicted molar refractivity (Wildman–Crippen MR) is 76.3 cm³/mol. The molecule has 0 aliphatic heterocycles. The smallest absolute Gasteiger partial charge is 0.343 e. The van der Waals surface area contributed by atoms with Crippen molar-refractivity contribution in [3.63, 3.8) is 0 Å². The van der Waals surface area contributed by atoms with Gasteiger partial charge >= 0.3 is 5.97 Å². The maximum absolute atomic E-state index is 14.2. The highest BCUT2D eigenvalue weighted by atomic mass is 19.3. The van der Waals surface area contributed by atoms with Crippen molar-refractivity contribution >= 4 is 16.9 Å². The van der Waals surface area contributed by atoms with Gasteiger partial charge in [0.2, 0.25) is 5.88 Å². The molecule has 1 aliphatic rings. The third kappa shape index (κ3) is 2.38. The molecule has 0 N–H and O–H groups in total. The molecule has 1 heterocycles. The van der Waals surface area contributed by atoms with Crippen LogP contribution in [0.3, 0.4) is 0 Å². The van der Waals surface area contributed by atoms with Gasteiger partial charge in [-0.25, -0.2) is 18.6 Å². The van der Waals surface area contributed by atoms with Crippen LogP contribution in [0.15, 0.2) is 24.3 Å². The minimum Gasteiger partial charge on any atom is -0.480 e. The molecule has 1 aromatic heterocycles. The highest BCUT2D eigenvalue weighted by molar-refractivity contribution is 5.96. The van der Waals surface area contributed by atoms with E-state index < -0.39 is 17.8 Å². The SMILES string of the molecule is COC(=O)c1cc2ccc(C(F)(F)C3CC3)cc2nc1OC. The first-order valence-corrected chi connectivity index (χ1v) is 6.92. The first-order chi connectivity index (χ1) is 10.5. The van der Waals surface area contributed by atoms with Gasteiger partial charge in [0.25, 0.3) is 5.92 Å². The van der Waals surface area contributed by atoms with Crippen LogP contribution in [0.2, 0.25) is 0 Å². The van der Waals surface area contributed by atoms with Gasteiger partial charge < -0.3 is 9.47 Å². The van der Waals surface area contributed by atoms with Crippen molar-refractivity contribution in [2.75, 3.05) is 14.2 Å². The molecule has 1 fully saturated rings. The van der Waals surface area contributed by atoms with Crippen molar-refractivity contribution in [2.45, 2.75) is 18.8 Å². The van der Waals surface area contributed by atoms with Gasteiger partial charge in [-0.05, 0) is 25.0 Å². The molecule has 0 saturated heterocycles. The van der Waals surface area contributed by atoms with Gasteiger partial charge in [0.05, 0.1) is 19.7 Å². The zero-order chi connectivity index (χ0) is 15.9. The number of esters is 1. The highest BCUT2D eigenvalue weighted by Crippen LogP contribution is 2.49. The van der Waals surface area contributed by atoms with E-state index in [0.717, 1.165) is 0 Å². The molecule has 0 bridgehead atoms. The molecule has 0 spiro atoms. The lowest BCUT2D eigenvalue weighted by atomic mass is 10.0. The lowest BCUT2D eigenvalue weighted by Crippen LogP contribution is -2.16. The van der Waals surface area contributed by atoms with Gasteiger partial charge in [0.15, 0.2) is 0 Å². The normalized spacial score (nSPS) is 14.9. The van der Waals surface area contributed by atoms with Crippen LogP contribution in [-0.2, 0) is 10.7 Å². The number of alkyl halides is 2. The predicted octanol–water partition coefficient (Wildman–Crippen LogP) is 3.53. The summed E-state index contributed by atoms with van der Waals surface area (Å²) in [5.41, 5.74) is 0.476. The van der Waals surface area contributed by atoms with Crippen LogP contribution in [-0.4, -0.2) is 25.2 Å². The Kier molecular flexibility index (Phi) is 3.47. The number of aromatic nitrogens is 1. The van der Waals surface area contributed by atoms with Crippen molar-refractivity contribution in [3.8, 4) is 5.88 Å². The Morgan fingerprint density at radius 1 is 1.27 bits per heavy atom. The van der Waals surface area contributed by atoms with Crippen molar-refractivity contribution in [2.24, 2.45) is 5.92 Å². The summed E-state index contributed by atoms with van der Waals surface area (Å²) in [6, 6.07) is 5.82. The maximum atomic E-state index is 14.2. The summed E-state index contributed by atoms with van der Waals surface area (Å²) in [4.78, 5) is 15.9. The van der Waals surface area contributed by atoms with E-state index in [9.17, 15) is 13.6 Å². The third-order valence-electron chi connectivity index (χ3n) is 3.86. The van der Waals surface area contributed by atoms with Gasteiger partial charge in [-0.15, -0.1) is 0 Å². The topological polar surface area (TPSA) is 48.4 Å². The molecule has 3 rings (SSSR count). The number of carbonyl (C=O) groups is 1. The lowest BCUT2D eigenvalue weighted by Gasteiger charge is -2.16. The summed E-state index contributed by atoms with van der Waals surface area (Å²) in [5.74, 6) is -3.95. The number of ether oxygens (including phenoxy) is 2. The molecule has 1 aliphatic carbocycles. The monoisotopic (exact) mass is 307 g/mol. The summed E-state index contributed by atoms with van der Waals surface area (Å²) in [5, 5.41) is 0.580. The summed E-state index contributed by atoms with van der Waals surface area (Å²) < 4.78 is 38.1. The molecule has 0 atom stereocenters. The zero-order valence-electron chi connectivity index (χ0n) is 12.2. The molecule has 22 heavy (non-hydrogen) atoms. The summed E-state index contributed by atoms with van der Waals surface area (Å²) >= 11 is 0. The summed E-state index contributed by atoms with van der Waals surface area (Å²) in [6.07, 6.45) is 1.09. The molecule has 4 nitrogen and oxygen atoms in total. The number of benzene rings is 1. The summed E-state index contributed by atoms with van der Waals surface area (Å²) in [7, 11) is 2.62. The molecule has 0 radical (unpaired) electrons. The Hall–Kier alpha value is -2.24. The number of methoxy groups -OCH3 is 2. The fraction of sp³-hybridized carbons (Fsp3) is 0.375. The van der Waals surface area contributed by atoms with Gasteiger partial charge in [-0.1, -0.05) is 12.1 Å². The van der Waals surface area contributed by atoms with E-state index in [4.69, 9.17) is 4.74 Å². The van der Waals surface area contributed by atoms with E-state index in [1.807, 2.05) is 0 Å². The summed E-state index contributed by atoms with van der Waals surface area (Å²) in [6.45, 7) is 0. The van der Waals surface area contributed by atoms with Crippen molar-refractivity contribution in [1.29, 1.82) is 0 Å². The van der Waals surface area contributed by atoms with Crippen molar-refractivity contribution < 1.29 is 23.0 Å². The Labute approximate surface area is 126 Å². The van der Waals surface area contributed by atoms with Crippen LogP contribution in [0, 0.1) is 5.92 Å². The second kappa shape index (κ2) is 5.19. The Bertz CT molecular complexity index is 741. The van der Waals surface area contributed by atoms with E-state index in [-0.39, 0.29) is 17.0 Å². The van der Waals surface area contributed by atoms with Gasteiger partial charge in [-0.3, -0.25) is 0 Å². The number of nitrogens with zero attached hydrogens (tertiary/aromatic N) is 1. The second-order valence-electron chi connectivity index (χ2n) is 5.34. The number of carbonyl (C=O) groups excluding carboxylic acids is 1. The van der Waals surface area contributed by atoms with Crippen molar-refractivity contribution in [3.05, 3.63) is 35.4 Å². The molecule has 2 aromatic rings. The first kappa shape index (κ1) is 14.7. The molecule has 0 unspecified atom stereocenters. The van der Waals surface area contributed by atoms with E-state index >= 15 is 0 Å². The number of hydrogen-bond donors (Lipinski definition) is 0. The molecule has 1 aromatic carbocycles. The average molecular weight is 307 g/mol. The Morgan fingerprint density at radius 2 is 2.00 bits per heavy atom. The lowest BCUT2D eigenvalue weighted by molar-refractivity contribution is -0.0284. The van der Waals surface area contributed by atoms with Crippen molar-refractivity contribution in [1.82, 2.24) is 4.98 Å². The van der Waals surface area contributed by atoms with Gasteiger partial charge in [0.1, 0.15) is 5.56 Å². The molecular weight excluding hydrogens is 292 g/mol. The van der Waals surface area contributed by atoms with Crippen LogP contribution >= 0.6 is 0 Å². The number of hydrogen-bond acceptors (Lipinski definition) is 4. The fourth-order valence-electron chi connectivity index (χ4n) is 2.45. The molecule has 116 valence electrons. The number of rotatable bonds is 4. The quantitative estimate of drug-likeness (QED) is 0.811. The second-order valence-corrected chi connectivity index (χ2v) is 5.34. The zero-order valence-corrected chi connectivity index (χ0v) is 12.2. The van der Waals surface area contributed by atoms with E-state index in [1.54, 1.807) is 6.07 Å². The molecule has 6 heteroatoms. The average Bonchev–Trinajstić information content (AvgIpc) is 3.37. The van der Waals surface area contributed by atoms with Gasteiger partial charge in [-0.2, -0.15) is 0 Å². The molecular formula is C16H15F2NO3. The fourth-order valence-corrected chi connectivity index (χ4v) is 2.45. The van der Waals surface area contributed by atoms with Crippen LogP contribution in [0.1, 0.15) is 28.8 Å². The Balaban J connectivity index is 2.11. The minimum atomic E-state index is -2.84. The minimum absolute atomic E-state index is 0.0529. The number of pyridine rings is 1. The van der Waals surface area contributed by atoms with Crippen LogP contribution in [0.25, 0.3) is 10.9 Å². The van der Waals surface area contributed by atoms with Crippen LogP contribution in [0.5, 0.6) is 5.88 Å². The van der Waals surface area contributed by atoms with E-state index in [0.29, 0.717) is 23.7 Å². The number of halogens is 2. The largest absolute Gasteiger partial charge is 0.480 e. The maximum Gasteiger partial charge on any atom is 0.343 e. The van der Waals surface area contributed by atoms with Crippen LogP contribution in [0.4, 0.5) is 8.78 Å². The molecule has 1 saturated carbocycles.